The fourth-order valence-corrected chi connectivity index (χ4v) is 1.21. The van der Waals surface area contributed by atoms with Crippen molar-refractivity contribution in [1.29, 1.82) is 0 Å². The first kappa shape index (κ1) is 7.72. The molecule has 1 aliphatic rings. The second-order valence-corrected chi connectivity index (χ2v) is 2.55. The third-order valence-electron chi connectivity index (χ3n) is 1.78. The SMILES string of the molecule is C=N/N=C\N1CC=Nc2[nH]ccc21. The van der Waals surface area contributed by atoms with Gasteiger partial charge in [-0.2, -0.15) is 5.10 Å². The summed E-state index contributed by atoms with van der Waals surface area (Å²) in [6.07, 6.45) is 5.29. The van der Waals surface area contributed by atoms with Gasteiger partial charge in [-0.15, -0.1) is 5.10 Å². The molecule has 5 heteroatoms. The van der Waals surface area contributed by atoms with Crippen molar-refractivity contribution in [2.24, 2.45) is 15.2 Å². The molecule has 0 atom stereocenters. The number of aromatic amines is 1. The van der Waals surface area contributed by atoms with E-state index in [0.717, 1.165) is 11.5 Å². The Morgan fingerprint density at radius 1 is 1.69 bits per heavy atom. The van der Waals surface area contributed by atoms with Gasteiger partial charge in [-0.05, 0) is 6.07 Å². The summed E-state index contributed by atoms with van der Waals surface area (Å²) in [4.78, 5) is 9.14. The molecule has 2 heterocycles. The summed E-state index contributed by atoms with van der Waals surface area (Å²) in [5.41, 5.74) is 1.01. The molecule has 0 amide bonds. The number of nitrogens with one attached hydrogen (secondary N) is 1. The van der Waals surface area contributed by atoms with Crippen molar-refractivity contribution >= 4 is 30.8 Å². The monoisotopic (exact) mass is 175 g/mol. The molecule has 1 aromatic heterocycles. The van der Waals surface area contributed by atoms with E-state index in [9.17, 15) is 0 Å². The number of aromatic nitrogens is 1. The summed E-state index contributed by atoms with van der Waals surface area (Å²) in [7, 11) is 0. The van der Waals surface area contributed by atoms with Crippen LogP contribution < -0.4 is 4.90 Å². The lowest BCUT2D eigenvalue weighted by Gasteiger charge is -2.18. The number of rotatable bonds is 2. The molecule has 66 valence electrons. The van der Waals surface area contributed by atoms with E-state index in [1.54, 1.807) is 6.34 Å². The lowest BCUT2D eigenvalue weighted by molar-refractivity contribution is 1.14. The zero-order chi connectivity index (χ0) is 9.10. The average Bonchev–Trinajstić information content (AvgIpc) is 2.62. The number of aliphatic imine (C=N–C) groups is 1. The van der Waals surface area contributed by atoms with E-state index in [1.165, 1.54) is 0 Å². The molecule has 1 aliphatic heterocycles. The molecule has 2 rings (SSSR count). The number of hydrogen-bond donors (Lipinski definition) is 1. The predicted octanol–water partition coefficient (Wildman–Crippen LogP) is 1.18. The lowest BCUT2D eigenvalue weighted by Crippen LogP contribution is -2.24. The third kappa shape index (κ3) is 1.35. The topological polar surface area (TPSA) is 56.1 Å². The fourth-order valence-electron chi connectivity index (χ4n) is 1.21. The zero-order valence-corrected chi connectivity index (χ0v) is 7.01. The van der Waals surface area contributed by atoms with Gasteiger partial charge in [-0.3, -0.25) is 0 Å². The first-order valence-electron chi connectivity index (χ1n) is 3.87. The van der Waals surface area contributed by atoms with Crippen molar-refractivity contribution in [3.05, 3.63) is 12.3 Å². The Hall–Kier alpha value is -1.91. The van der Waals surface area contributed by atoms with Crippen LogP contribution in [0, 0.1) is 0 Å². The van der Waals surface area contributed by atoms with Gasteiger partial charge in [0.05, 0.1) is 12.2 Å². The maximum Gasteiger partial charge on any atom is 0.153 e. The van der Waals surface area contributed by atoms with Gasteiger partial charge in [0.15, 0.2) is 5.82 Å². The van der Waals surface area contributed by atoms with E-state index in [2.05, 4.69) is 26.9 Å². The summed E-state index contributed by atoms with van der Waals surface area (Å²) in [6, 6.07) is 1.95. The molecular weight excluding hydrogens is 166 g/mol. The molecule has 1 aromatic rings. The van der Waals surface area contributed by atoms with Crippen LogP contribution in [-0.4, -0.2) is 30.8 Å². The van der Waals surface area contributed by atoms with Crippen LogP contribution in [0.4, 0.5) is 11.5 Å². The maximum atomic E-state index is 4.18. The number of H-pyrrole nitrogens is 1. The molecule has 0 saturated heterocycles. The first-order chi connectivity index (χ1) is 6.42. The van der Waals surface area contributed by atoms with Crippen molar-refractivity contribution in [3.8, 4) is 0 Å². The Kier molecular flexibility index (Phi) is 1.91. The van der Waals surface area contributed by atoms with Crippen LogP contribution >= 0.6 is 0 Å². The quantitative estimate of drug-likeness (QED) is 0.409. The van der Waals surface area contributed by atoms with Crippen molar-refractivity contribution in [3.63, 3.8) is 0 Å². The van der Waals surface area contributed by atoms with Crippen LogP contribution in [0.15, 0.2) is 27.5 Å². The lowest BCUT2D eigenvalue weighted by atomic mass is 10.4. The van der Waals surface area contributed by atoms with E-state index >= 15 is 0 Å². The normalized spacial score (nSPS) is 14.9. The number of nitrogens with zero attached hydrogens (tertiary/aromatic N) is 4. The standard InChI is InChI=1S/C8H9N5/c1-9-12-6-13-5-4-11-8-7(13)2-3-10-8/h2-4,6,10H,1,5H2/b12-6-. The summed E-state index contributed by atoms with van der Waals surface area (Å²) >= 11 is 0. The van der Waals surface area contributed by atoms with Crippen molar-refractivity contribution in [1.82, 2.24) is 4.98 Å². The zero-order valence-electron chi connectivity index (χ0n) is 7.01. The molecule has 0 fully saturated rings. The molecule has 0 aromatic carbocycles. The number of fused-ring (bicyclic) bond motifs is 1. The Labute approximate surface area is 75.5 Å². The van der Waals surface area contributed by atoms with Gasteiger partial charge >= 0.3 is 0 Å². The highest BCUT2D eigenvalue weighted by Gasteiger charge is 2.12. The van der Waals surface area contributed by atoms with Crippen LogP contribution in [-0.2, 0) is 0 Å². The number of anilines is 1. The molecule has 1 N–H and O–H groups in total. The summed E-state index contributed by atoms with van der Waals surface area (Å²) in [5, 5.41) is 7.12. The smallest absolute Gasteiger partial charge is 0.153 e. The van der Waals surface area contributed by atoms with E-state index in [1.807, 2.05) is 23.4 Å². The van der Waals surface area contributed by atoms with E-state index < -0.39 is 0 Å². The van der Waals surface area contributed by atoms with Crippen LogP contribution in [0.5, 0.6) is 0 Å². The van der Waals surface area contributed by atoms with Crippen molar-refractivity contribution in [2.75, 3.05) is 11.4 Å². The Morgan fingerprint density at radius 2 is 2.62 bits per heavy atom. The maximum absolute atomic E-state index is 4.18. The first-order valence-corrected chi connectivity index (χ1v) is 3.87. The molecule has 0 radical (unpaired) electrons. The fraction of sp³-hybridized carbons (Fsp3) is 0.125. The Balaban J connectivity index is 2.30. The highest BCUT2D eigenvalue weighted by molar-refractivity contribution is 5.92. The summed E-state index contributed by atoms with van der Waals surface area (Å²) in [5.74, 6) is 0.849. The minimum atomic E-state index is 0.712. The highest BCUT2D eigenvalue weighted by atomic mass is 15.3. The molecular formula is C8H9N5. The largest absolute Gasteiger partial charge is 0.345 e. The van der Waals surface area contributed by atoms with E-state index in [0.29, 0.717) is 6.54 Å². The molecule has 0 unspecified atom stereocenters. The second-order valence-electron chi connectivity index (χ2n) is 2.55. The highest BCUT2D eigenvalue weighted by Crippen LogP contribution is 2.27. The second kappa shape index (κ2) is 3.22. The van der Waals surface area contributed by atoms with Gasteiger partial charge in [0.1, 0.15) is 6.34 Å². The van der Waals surface area contributed by atoms with Crippen LogP contribution in [0.1, 0.15) is 0 Å². The van der Waals surface area contributed by atoms with Gasteiger partial charge in [-0.25, -0.2) is 4.99 Å². The molecule has 0 aliphatic carbocycles. The Bertz CT molecular complexity index is 362. The van der Waals surface area contributed by atoms with Crippen LogP contribution in [0.3, 0.4) is 0 Å². The molecule has 5 nitrogen and oxygen atoms in total. The Morgan fingerprint density at radius 3 is 3.46 bits per heavy atom. The summed E-state index contributed by atoms with van der Waals surface area (Å²) < 4.78 is 0. The minimum Gasteiger partial charge on any atom is -0.345 e. The minimum absolute atomic E-state index is 0.712. The van der Waals surface area contributed by atoms with E-state index in [4.69, 9.17) is 0 Å². The van der Waals surface area contributed by atoms with E-state index in [-0.39, 0.29) is 0 Å². The van der Waals surface area contributed by atoms with Crippen LogP contribution in [0.25, 0.3) is 0 Å². The molecule has 0 bridgehead atoms. The molecule has 0 saturated carbocycles. The van der Waals surface area contributed by atoms with Gasteiger partial charge < -0.3 is 9.88 Å². The van der Waals surface area contributed by atoms with Crippen LogP contribution in [0.2, 0.25) is 0 Å². The average molecular weight is 175 g/mol. The molecule has 0 spiro atoms. The van der Waals surface area contributed by atoms with Gasteiger partial charge in [0, 0.05) is 19.1 Å². The summed E-state index contributed by atoms with van der Waals surface area (Å²) in [6.45, 7) is 3.98. The predicted molar refractivity (Wildman–Crippen MR) is 54.3 cm³/mol. The van der Waals surface area contributed by atoms with Gasteiger partial charge in [0.25, 0.3) is 0 Å². The van der Waals surface area contributed by atoms with Gasteiger partial charge in [0.2, 0.25) is 0 Å². The van der Waals surface area contributed by atoms with Crippen molar-refractivity contribution in [2.45, 2.75) is 0 Å². The van der Waals surface area contributed by atoms with Crippen molar-refractivity contribution < 1.29 is 0 Å². The molecule has 13 heavy (non-hydrogen) atoms. The third-order valence-corrected chi connectivity index (χ3v) is 1.78. The van der Waals surface area contributed by atoms with Gasteiger partial charge in [-0.1, -0.05) is 0 Å². The number of hydrogen-bond acceptors (Lipinski definition) is 3.